The van der Waals surface area contributed by atoms with Gasteiger partial charge in [0.2, 0.25) is 5.91 Å². The predicted octanol–water partition coefficient (Wildman–Crippen LogP) is 2.87. The van der Waals surface area contributed by atoms with Crippen LogP contribution in [-0.2, 0) is 4.79 Å². The largest absolute Gasteiger partial charge is 0.396 e. The summed E-state index contributed by atoms with van der Waals surface area (Å²) in [5, 5.41) is 11.8. The summed E-state index contributed by atoms with van der Waals surface area (Å²) in [7, 11) is 0. The molecule has 0 bridgehead atoms. The van der Waals surface area contributed by atoms with Crippen LogP contribution in [0.3, 0.4) is 0 Å². The lowest BCUT2D eigenvalue weighted by Crippen LogP contribution is -2.30. The van der Waals surface area contributed by atoms with E-state index in [9.17, 15) is 4.79 Å². The number of rotatable bonds is 10. The summed E-state index contributed by atoms with van der Waals surface area (Å²) >= 11 is 0. The van der Waals surface area contributed by atoms with E-state index in [-0.39, 0.29) is 17.9 Å². The molecular formula is C14H29NO2. The van der Waals surface area contributed by atoms with Gasteiger partial charge in [-0.1, -0.05) is 46.5 Å². The van der Waals surface area contributed by atoms with Gasteiger partial charge in [0.05, 0.1) is 0 Å². The first-order valence-corrected chi connectivity index (χ1v) is 6.89. The molecule has 0 aromatic carbocycles. The highest BCUT2D eigenvalue weighted by molar-refractivity contribution is 5.76. The average molecular weight is 243 g/mol. The molecule has 102 valence electrons. The van der Waals surface area contributed by atoms with E-state index >= 15 is 0 Å². The molecule has 0 aliphatic carbocycles. The van der Waals surface area contributed by atoms with E-state index in [1.807, 2.05) is 13.8 Å². The predicted molar refractivity (Wildman–Crippen MR) is 71.9 cm³/mol. The number of unbranched alkanes of at least 4 members (excludes halogenated alkanes) is 4. The quantitative estimate of drug-likeness (QED) is 0.580. The normalized spacial score (nSPS) is 11.5. The van der Waals surface area contributed by atoms with Crippen LogP contribution in [0.4, 0.5) is 0 Å². The van der Waals surface area contributed by atoms with Crippen molar-refractivity contribution in [3.63, 3.8) is 0 Å². The Kier molecular flexibility index (Phi) is 9.14. The van der Waals surface area contributed by atoms with Gasteiger partial charge in [0.1, 0.15) is 0 Å². The molecule has 0 saturated heterocycles. The average Bonchev–Trinajstić information content (AvgIpc) is 2.22. The molecule has 3 nitrogen and oxygen atoms in total. The van der Waals surface area contributed by atoms with Crippen LogP contribution >= 0.6 is 0 Å². The van der Waals surface area contributed by atoms with Crippen molar-refractivity contribution in [3.05, 3.63) is 0 Å². The number of nitrogens with one attached hydrogen (secondary N) is 1. The van der Waals surface area contributed by atoms with Crippen LogP contribution in [0.2, 0.25) is 0 Å². The lowest BCUT2D eigenvalue weighted by atomic mass is 9.86. The van der Waals surface area contributed by atoms with E-state index in [1.54, 1.807) is 0 Å². The molecule has 0 radical (unpaired) electrons. The van der Waals surface area contributed by atoms with Gasteiger partial charge in [-0.15, -0.1) is 0 Å². The van der Waals surface area contributed by atoms with Gasteiger partial charge in [-0.3, -0.25) is 4.79 Å². The van der Waals surface area contributed by atoms with Gasteiger partial charge in [-0.05, 0) is 18.3 Å². The Morgan fingerprint density at radius 3 is 2.41 bits per heavy atom. The summed E-state index contributed by atoms with van der Waals surface area (Å²) in [4.78, 5) is 11.6. The van der Waals surface area contributed by atoms with Gasteiger partial charge < -0.3 is 10.4 Å². The van der Waals surface area contributed by atoms with Gasteiger partial charge >= 0.3 is 0 Å². The number of carbonyl (C=O) groups excluding carboxylic acids is 1. The SMILES string of the molecule is CCCCCCCNC(=O)CC(C)(C)CCO. The molecule has 0 aromatic rings. The maximum absolute atomic E-state index is 11.6. The summed E-state index contributed by atoms with van der Waals surface area (Å²) in [6.07, 6.45) is 7.27. The Hall–Kier alpha value is -0.570. The zero-order valence-corrected chi connectivity index (χ0v) is 11.7. The van der Waals surface area contributed by atoms with E-state index in [0.29, 0.717) is 12.8 Å². The van der Waals surface area contributed by atoms with E-state index in [0.717, 1.165) is 13.0 Å². The van der Waals surface area contributed by atoms with Crippen LogP contribution in [-0.4, -0.2) is 24.2 Å². The van der Waals surface area contributed by atoms with Crippen molar-refractivity contribution < 1.29 is 9.90 Å². The van der Waals surface area contributed by atoms with Crippen LogP contribution in [0.5, 0.6) is 0 Å². The van der Waals surface area contributed by atoms with Crippen LogP contribution in [0.1, 0.15) is 65.7 Å². The fourth-order valence-electron chi connectivity index (χ4n) is 1.84. The van der Waals surface area contributed by atoms with Crippen molar-refractivity contribution >= 4 is 5.91 Å². The van der Waals surface area contributed by atoms with Crippen molar-refractivity contribution in [1.82, 2.24) is 5.32 Å². The second-order valence-electron chi connectivity index (χ2n) is 5.58. The highest BCUT2D eigenvalue weighted by atomic mass is 16.3. The fraction of sp³-hybridized carbons (Fsp3) is 0.929. The molecule has 0 spiro atoms. The first kappa shape index (κ1) is 16.4. The number of carbonyl (C=O) groups is 1. The summed E-state index contributed by atoms with van der Waals surface area (Å²) in [5.41, 5.74) is -0.0962. The third kappa shape index (κ3) is 10.3. The van der Waals surface area contributed by atoms with Gasteiger partial charge in [-0.2, -0.15) is 0 Å². The van der Waals surface area contributed by atoms with Crippen LogP contribution in [0, 0.1) is 5.41 Å². The molecule has 3 heteroatoms. The second kappa shape index (κ2) is 9.46. The molecule has 0 fully saturated rings. The topological polar surface area (TPSA) is 49.3 Å². The fourth-order valence-corrected chi connectivity index (χ4v) is 1.84. The van der Waals surface area contributed by atoms with Crippen molar-refractivity contribution in [2.45, 2.75) is 65.7 Å². The highest BCUT2D eigenvalue weighted by Gasteiger charge is 2.20. The Balaban J connectivity index is 3.52. The molecule has 0 rings (SSSR count). The van der Waals surface area contributed by atoms with E-state index in [1.165, 1.54) is 25.7 Å². The molecule has 2 N–H and O–H groups in total. The Bertz CT molecular complexity index is 202. The van der Waals surface area contributed by atoms with Gasteiger partial charge in [0, 0.05) is 19.6 Å². The zero-order chi connectivity index (χ0) is 13.1. The number of amides is 1. The van der Waals surface area contributed by atoms with Crippen molar-refractivity contribution in [2.24, 2.45) is 5.41 Å². The number of aliphatic hydroxyl groups is 1. The molecule has 0 heterocycles. The number of hydrogen-bond donors (Lipinski definition) is 2. The monoisotopic (exact) mass is 243 g/mol. The summed E-state index contributed by atoms with van der Waals surface area (Å²) in [6.45, 7) is 7.17. The molecule has 1 amide bonds. The highest BCUT2D eigenvalue weighted by Crippen LogP contribution is 2.24. The Labute approximate surface area is 106 Å². The van der Waals surface area contributed by atoms with Crippen LogP contribution in [0.15, 0.2) is 0 Å². The van der Waals surface area contributed by atoms with E-state index in [2.05, 4.69) is 12.2 Å². The lowest BCUT2D eigenvalue weighted by molar-refractivity contribution is -0.123. The summed E-state index contributed by atoms with van der Waals surface area (Å²) in [6, 6.07) is 0. The minimum absolute atomic E-state index is 0.0962. The minimum Gasteiger partial charge on any atom is -0.396 e. The molecular weight excluding hydrogens is 214 g/mol. The zero-order valence-electron chi connectivity index (χ0n) is 11.7. The molecule has 0 aliphatic heterocycles. The summed E-state index contributed by atoms with van der Waals surface area (Å²) in [5.74, 6) is 0.110. The molecule has 0 saturated carbocycles. The third-order valence-electron chi connectivity index (χ3n) is 3.03. The van der Waals surface area contributed by atoms with Gasteiger partial charge in [0.25, 0.3) is 0 Å². The first-order valence-electron chi connectivity index (χ1n) is 6.89. The van der Waals surface area contributed by atoms with Gasteiger partial charge in [-0.25, -0.2) is 0 Å². The second-order valence-corrected chi connectivity index (χ2v) is 5.58. The summed E-state index contributed by atoms with van der Waals surface area (Å²) < 4.78 is 0. The van der Waals surface area contributed by atoms with Gasteiger partial charge in [0.15, 0.2) is 0 Å². The van der Waals surface area contributed by atoms with Crippen molar-refractivity contribution in [2.75, 3.05) is 13.2 Å². The molecule has 0 aliphatic rings. The molecule has 0 aromatic heterocycles. The maximum Gasteiger partial charge on any atom is 0.220 e. The Morgan fingerprint density at radius 1 is 1.18 bits per heavy atom. The van der Waals surface area contributed by atoms with E-state index < -0.39 is 0 Å². The standard InChI is InChI=1S/C14H29NO2/c1-4-5-6-7-8-10-15-13(17)12-14(2,3)9-11-16/h16H,4-12H2,1-3H3,(H,15,17). The minimum atomic E-state index is -0.0962. The lowest BCUT2D eigenvalue weighted by Gasteiger charge is -2.22. The van der Waals surface area contributed by atoms with Crippen LogP contribution < -0.4 is 5.32 Å². The van der Waals surface area contributed by atoms with Crippen molar-refractivity contribution in [3.8, 4) is 0 Å². The smallest absolute Gasteiger partial charge is 0.220 e. The molecule has 0 atom stereocenters. The molecule has 0 unspecified atom stereocenters. The van der Waals surface area contributed by atoms with Crippen molar-refractivity contribution in [1.29, 1.82) is 0 Å². The number of aliphatic hydroxyl groups excluding tert-OH is 1. The van der Waals surface area contributed by atoms with Crippen LogP contribution in [0.25, 0.3) is 0 Å². The molecule has 17 heavy (non-hydrogen) atoms. The number of hydrogen-bond acceptors (Lipinski definition) is 2. The first-order chi connectivity index (χ1) is 8.02. The van der Waals surface area contributed by atoms with E-state index in [4.69, 9.17) is 5.11 Å². The third-order valence-corrected chi connectivity index (χ3v) is 3.03. The maximum atomic E-state index is 11.6. The Morgan fingerprint density at radius 2 is 1.82 bits per heavy atom.